The van der Waals surface area contributed by atoms with Crippen LogP contribution in [-0.4, -0.2) is 60.4 Å². The van der Waals surface area contributed by atoms with E-state index in [0.717, 1.165) is 22.3 Å². The molecule has 5 atom stereocenters. The fourth-order valence-corrected chi connectivity index (χ4v) is 7.01. The van der Waals surface area contributed by atoms with Crippen molar-refractivity contribution in [2.75, 3.05) is 19.8 Å². The molecule has 11 nitrogen and oxygen atoms in total. The third kappa shape index (κ3) is 14.6. The third-order valence-electron chi connectivity index (χ3n) is 8.07. The minimum atomic E-state index is -4.48. The number of phosphoric acid groups is 1. The van der Waals surface area contributed by atoms with Gasteiger partial charge in [-0.05, 0) is 22.3 Å². The average Bonchev–Trinajstić information content (AvgIpc) is 3.20. The zero-order valence-electron chi connectivity index (χ0n) is 29.8. The van der Waals surface area contributed by atoms with Crippen molar-refractivity contribution in [1.29, 1.82) is 0 Å². The number of benzene rings is 4. The molecule has 4 aromatic carbocycles. The second-order valence-electron chi connectivity index (χ2n) is 12.3. The van der Waals surface area contributed by atoms with Gasteiger partial charge in [0.25, 0.3) is 0 Å². The molecular formula is C40H43Cl3NO10P. The monoisotopic (exact) mass is 833 g/mol. The number of carbonyl (C=O) groups is 1. The predicted octanol–water partition coefficient (Wildman–Crippen LogP) is 9.11. The van der Waals surface area contributed by atoms with E-state index in [1.165, 1.54) is 6.08 Å². The number of alkyl halides is 3. The van der Waals surface area contributed by atoms with Crippen molar-refractivity contribution >= 4 is 48.7 Å². The summed E-state index contributed by atoms with van der Waals surface area (Å²) < 4.78 is 61.9. The molecule has 55 heavy (non-hydrogen) atoms. The molecule has 15 heteroatoms. The van der Waals surface area contributed by atoms with Crippen molar-refractivity contribution in [1.82, 2.24) is 5.32 Å². The smallest absolute Gasteiger partial charge is 0.445 e. The van der Waals surface area contributed by atoms with Crippen LogP contribution in [0.4, 0.5) is 4.79 Å². The van der Waals surface area contributed by atoms with Gasteiger partial charge >= 0.3 is 13.9 Å². The predicted molar refractivity (Wildman–Crippen MR) is 209 cm³/mol. The number of halogens is 3. The van der Waals surface area contributed by atoms with E-state index < -0.39 is 55.0 Å². The summed E-state index contributed by atoms with van der Waals surface area (Å²) in [6.07, 6.45) is -4.06. The molecule has 0 aromatic heterocycles. The van der Waals surface area contributed by atoms with Gasteiger partial charge in [0, 0.05) is 0 Å². The van der Waals surface area contributed by atoms with E-state index in [2.05, 4.69) is 11.9 Å². The van der Waals surface area contributed by atoms with E-state index >= 15 is 0 Å². The number of amides is 1. The lowest BCUT2D eigenvalue weighted by atomic mass is 9.96. The fourth-order valence-electron chi connectivity index (χ4n) is 5.48. The van der Waals surface area contributed by atoms with E-state index in [-0.39, 0.29) is 39.6 Å². The van der Waals surface area contributed by atoms with Gasteiger partial charge in [-0.15, -0.1) is 6.58 Å². The van der Waals surface area contributed by atoms with E-state index in [0.29, 0.717) is 0 Å². The Morgan fingerprint density at radius 1 is 0.727 bits per heavy atom. The van der Waals surface area contributed by atoms with Crippen molar-refractivity contribution in [2.24, 2.45) is 0 Å². The molecule has 1 saturated heterocycles. The molecule has 5 rings (SSSR count). The van der Waals surface area contributed by atoms with E-state index in [4.69, 9.17) is 72.1 Å². The van der Waals surface area contributed by atoms with E-state index in [9.17, 15) is 9.36 Å². The molecule has 1 N–H and O–H groups in total. The number of hydrogen-bond donors (Lipinski definition) is 1. The Morgan fingerprint density at radius 3 is 1.71 bits per heavy atom. The van der Waals surface area contributed by atoms with Crippen LogP contribution < -0.4 is 5.32 Å². The van der Waals surface area contributed by atoms with Crippen LogP contribution >= 0.6 is 42.6 Å². The topological polar surface area (TPSA) is 120 Å². The van der Waals surface area contributed by atoms with Gasteiger partial charge in [-0.25, -0.2) is 9.36 Å². The maximum atomic E-state index is 14.9. The van der Waals surface area contributed by atoms with Gasteiger partial charge in [-0.1, -0.05) is 162 Å². The Morgan fingerprint density at radius 2 is 1.22 bits per heavy atom. The highest BCUT2D eigenvalue weighted by Gasteiger charge is 2.52. The van der Waals surface area contributed by atoms with Crippen LogP contribution in [0, 0.1) is 0 Å². The Kier molecular flexibility index (Phi) is 17.0. The quantitative estimate of drug-likeness (QED) is 0.0525. The number of alkyl carbamates (subject to hydrolysis) is 1. The minimum absolute atomic E-state index is 0.0272. The zero-order chi connectivity index (χ0) is 38.9. The summed E-state index contributed by atoms with van der Waals surface area (Å²) in [5, 5.41) is 2.73. The summed E-state index contributed by atoms with van der Waals surface area (Å²) >= 11 is 17.6. The molecule has 0 aliphatic carbocycles. The van der Waals surface area contributed by atoms with Gasteiger partial charge in [0.15, 0.2) is 6.29 Å². The number of carbonyl (C=O) groups excluding carboxylic acids is 1. The first-order valence-electron chi connectivity index (χ1n) is 17.4. The largest absolute Gasteiger partial charge is 0.475 e. The average molecular weight is 835 g/mol. The summed E-state index contributed by atoms with van der Waals surface area (Å²) in [4.78, 5) is 13.3. The molecule has 1 aliphatic rings. The first kappa shape index (κ1) is 42.8. The van der Waals surface area contributed by atoms with Crippen LogP contribution in [0.5, 0.6) is 0 Å². The van der Waals surface area contributed by atoms with Crippen molar-refractivity contribution in [3.8, 4) is 0 Å². The molecule has 0 saturated carbocycles. The molecule has 0 unspecified atom stereocenters. The lowest BCUT2D eigenvalue weighted by molar-refractivity contribution is -0.275. The zero-order valence-corrected chi connectivity index (χ0v) is 33.0. The minimum Gasteiger partial charge on any atom is -0.445 e. The number of hydrogen-bond acceptors (Lipinski definition) is 10. The van der Waals surface area contributed by atoms with Crippen LogP contribution in [0.1, 0.15) is 22.3 Å². The highest BCUT2D eigenvalue weighted by atomic mass is 35.6. The first-order chi connectivity index (χ1) is 26.6. The summed E-state index contributed by atoms with van der Waals surface area (Å²) in [5.41, 5.74) is 3.16. The summed E-state index contributed by atoms with van der Waals surface area (Å²) in [6, 6.07) is 36.1. The molecule has 1 amide bonds. The Bertz CT molecular complexity index is 1730. The van der Waals surface area contributed by atoms with Gasteiger partial charge in [0.1, 0.15) is 31.0 Å². The Balaban J connectivity index is 1.52. The fraction of sp³-hybridized carbons (Fsp3) is 0.325. The van der Waals surface area contributed by atoms with Gasteiger partial charge in [-0.2, -0.15) is 0 Å². The lowest BCUT2D eigenvalue weighted by Gasteiger charge is -2.46. The first-order valence-corrected chi connectivity index (χ1v) is 20.0. The van der Waals surface area contributed by atoms with Gasteiger partial charge in [-0.3, -0.25) is 13.6 Å². The summed E-state index contributed by atoms with van der Waals surface area (Å²) in [5.74, 6) is 0. The number of nitrogens with one attached hydrogen (secondary N) is 1. The number of phosphoric ester groups is 1. The Hall–Kier alpha value is -3.29. The molecule has 0 radical (unpaired) electrons. The highest BCUT2D eigenvalue weighted by Crippen LogP contribution is 2.54. The Labute approximate surface area is 336 Å². The van der Waals surface area contributed by atoms with Crippen molar-refractivity contribution in [3.05, 3.63) is 156 Å². The summed E-state index contributed by atoms with van der Waals surface area (Å²) in [6.45, 7) is 3.18. The maximum Gasteiger partial charge on any atom is 0.475 e. The number of rotatable bonds is 20. The lowest BCUT2D eigenvalue weighted by Crippen LogP contribution is -2.66. The van der Waals surface area contributed by atoms with Crippen molar-refractivity contribution in [3.63, 3.8) is 0 Å². The molecule has 0 spiro atoms. The van der Waals surface area contributed by atoms with E-state index in [1.54, 1.807) is 0 Å². The van der Waals surface area contributed by atoms with Crippen molar-refractivity contribution < 1.29 is 46.6 Å². The standard InChI is InChI=1S/C40H43Cl3NO10P/c1-2-23-48-38-35(44-39(45)50-29-40(41,42)43)37(49-25-31-17-9-4-10-18-31)36(34(53-38)28-47-24-30-15-7-3-8-16-30)54-55(46,51-26-32-19-11-5-12-20-32)52-27-33-21-13-6-14-22-33/h2-22,34-38H,1,23-29H2,(H,44,45)/t34-,35-,36-,37-,38+/m1/s1. The maximum absolute atomic E-state index is 14.9. The van der Waals surface area contributed by atoms with Crippen molar-refractivity contribution in [2.45, 2.75) is 60.9 Å². The van der Waals surface area contributed by atoms with Gasteiger partial charge in [0.2, 0.25) is 3.79 Å². The van der Waals surface area contributed by atoms with Gasteiger partial charge in [0.05, 0.1) is 39.6 Å². The molecule has 1 fully saturated rings. The third-order valence-corrected chi connectivity index (χ3v) is 9.79. The SMILES string of the molecule is C=CCO[C@H]1O[C@H](COCc2ccccc2)[C@@H](OP(=O)(OCc2ccccc2)OCc2ccccc2)[C@H](OCc2ccccc2)[C@H]1NC(=O)OCC(Cl)(Cl)Cl. The molecule has 4 aromatic rings. The second-order valence-corrected chi connectivity index (χ2v) is 16.5. The molecule has 1 heterocycles. The molecule has 0 bridgehead atoms. The van der Waals surface area contributed by atoms with Crippen LogP contribution in [0.2, 0.25) is 0 Å². The van der Waals surface area contributed by atoms with E-state index in [1.807, 2.05) is 121 Å². The number of ether oxygens (including phenoxy) is 5. The second kappa shape index (κ2) is 21.9. The molecule has 294 valence electrons. The molecular weight excluding hydrogens is 792 g/mol. The van der Waals surface area contributed by atoms with Crippen LogP contribution in [0.15, 0.2) is 134 Å². The highest BCUT2D eigenvalue weighted by molar-refractivity contribution is 7.48. The van der Waals surface area contributed by atoms with Crippen LogP contribution in [0.25, 0.3) is 0 Å². The van der Waals surface area contributed by atoms with Crippen LogP contribution in [-0.2, 0) is 68.2 Å². The summed E-state index contributed by atoms with van der Waals surface area (Å²) in [7, 11) is -4.48. The molecule has 1 aliphatic heterocycles. The van der Waals surface area contributed by atoms with Crippen LogP contribution in [0.3, 0.4) is 0 Å². The normalized spacial score (nSPS) is 20.1. The van der Waals surface area contributed by atoms with Gasteiger partial charge < -0.3 is 29.0 Å².